The third-order valence-electron chi connectivity index (χ3n) is 2.09. The molecule has 15 heavy (non-hydrogen) atoms. The van der Waals surface area contributed by atoms with Crippen LogP contribution in [0.1, 0.15) is 23.1 Å². The molecule has 0 saturated heterocycles. The Labute approximate surface area is 101 Å². The van der Waals surface area contributed by atoms with Gasteiger partial charge in [-0.3, -0.25) is 0 Å². The van der Waals surface area contributed by atoms with Gasteiger partial charge in [-0.2, -0.15) is 11.3 Å². The van der Waals surface area contributed by atoms with Gasteiger partial charge in [-0.05, 0) is 39.9 Å². The van der Waals surface area contributed by atoms with Crippen molar-refractivity contribution in [2.24, 2.45) is 5.73 Å². The van der Waals surface area contributed by atoms with Crippen LogP contribution in [0.5, 0.6) is 0 Å². The maximum absolute atomic E-state index is 6.12. The molecule has 0 saturated carbocycles. The second kappa shape index (κ2) is 4.38. The number of aromatic nitrogens is 2. The van der Waals surface area contributed by atoms with Crippen molar-refractivity contribution < 1.29 is 0 Å². The van der Waals surface area contributed by atoms with E-state index < -0.39 is 0 Å². The lowest BCUT2D eigenvalue weighted by Gasteiger charge is -2.10. The average molecular weight is 284 g/mol. The van der Waals surface area contributed by atoms with Crippen LogP contribution in [-0.2, 0) is 0 Å². The van der Waals surface area contributed by atoms with Crippen LogP contribution in [0.3, 0.4) is 0 Å². The number of rotatable bonds is 2. The van der Waals surface area contributed by atoms with E-state index >= 15 is 0 Å². The first-order valence-corrected chi connectivity index (χ1v) is 6.19. The van der Waals surface area contributed by atoms with Gasteiger partial charge in [-0.15, -0.1) is 0 Å². The van der Waals surface area contributed by atoms with Crippen LogP contribution >= 0.6 is 27.3 Å². The van der Waals surface area contributed by atoms with Crippen molar-refractivity contribution >= 4 is 27.3 Å². The molecule has 0 spiro atoms. The number of nitrogens with two attached hydrogens (primary N) is 1. The second-order valence-electron chi connectivity index (χ2n) is 3.18. The Balaban J connectivity index is 2.36. The normalized spacial score (nSPS) is 12.7. The second-order valence-corrected chi connectivity index (χ2v) is 4.78. The van der Waals surface area contributed by atoms with E-state index in [1.165, 1.54) is 0 Å². The summed E-state index contributed by atoms with van der Waals surface area (Å²) in [6, 6.07) is 1.66. The summed E-state index contributed by atoms with van der Waals surface area (Å²) >= 11 is 5.09. The minimum absolute atomic E-state index is 0.188. The van der Waals surface area contributed by atoms with E-state index in [-0.39, 0.29) is 6.04 Å². The van der Waals surface area contributed by atoms with Gasteiger partial charge in [0.25, 0.3) is 0 Å². The third-order valence-corrected chi connectivity index (χ3v) is 3.85. The molecule has 2 heterocycles. The van der Waals surface area contributed by atoms with Crippen molar-refractivity contribution in [3.05, 3.63) is 44.6 Å². The monoisotopic (exact) mass is 283 g/mol. The Morgan fingerprint density at radius 3 is 2.87 bits per heavy atom. The molecule has 1 atom stereocenters. The zero-order valence-corrected chi connectivity index (χ0v) is 10.5. The largest absolute Gasteiger partial charge is 0.319 e. The van der Waals surface area contributed by atoms with E-state index in [0.717, 1.165) is 21.6 Å². The highest BCUT2D eigenvalue weighted by Gasteiger charge is 2.14. The van der Waals surface area contributed by atoms with Crippen molar-refractivity contribution in [2.45, 2.75) is 13.0 Å². The summed E-state index contributed by atoms with van der Waals surface area (Å²) in [6.45, 7) is 1.86. The van der Waals surface area contributed by atoms with Crippen molar-refractivity contribution in [3.63, 3.8) is 0 Å². The number of halogens is 1. The summed E-state index contributed by atoms with van der Waals surface area (Å²) in [5.41, 5.74) is 8.03. The average Bonchev–Trinajstić information content (AvgIpc) is 2.63. The summed E-state index contributed by atoms with van der Waals surface area (Å²) in [5.74, 6) is 0.745. The first-order valence-electron chi connectivity index (χ1n) is 4.45. The van der Waals surface area contributed by atoms with E-state index in [1.807, 2.05) is 23.8 Å². The molecular weight excluding hydrogens is 274 g/mol. The predicted octanol–water partition coefficient (Wildman–Crippen LogP) is 2.66. The van der Waals surface area contributed by atoms with Gasteiger partial charge in [0.1, 0.15) is 5.82 Å². The molecule has 0 fully saturated rings. The molecule has 2 aromatic rings. The fourth-order valence-electron chi connectivity index (χ4n) is 1.32. The molecule has 0 aromatic carbocycles. The Bertz CT molecular complexity index is 469. The third kappa shape index (κ3) is 2.25. The molecule has 0 aliphatic heterocycles. The number of thiophene rings is 1. The maximum atomic E-state index is 6.12. The molecule has 0 aliphatic carbocycles. The van der Waals surface area contributed by atoms with Crippen LogP contribution in [0.2, 0.25) is 0 Å². The molecule has 0 amide bonds. The number of aryl methyl sites for hydroxylation is 1. The van der Waals surface area contributed by atoms with Crippen molar-refractivity contribution in [1.82, 2.24) is 9.97 Å². The van der Waals surface area contributed by atoms with Gasteiger partial charge in [0.2, 0.25) is 0 Å². The SMILES string of the molecule is Cc1nccc(C(N)c2cscc2Br)n1. The van der Waals surface area contributed by atoms with Crippen LogP contribution in [0.25, 0.3) is 0 Å². The van der Waals surface area contributed by atoms with Crippen molar-refractivity contribution in [1.29, 1.82) is 0 Å². The lowest BCUT2D eigenvalue weighted by molar-refractivity contribution is 0.807. The minimum atomic E-state index is -0.188. The van der Waals surface area contributed by atoms with Crippen LogP contribution in [0.4, 0.5) is 0 Å². The summed E-state index contributed by atoms with van der Waals surface area (Å²) < 4.78 is 1.04. The molecule has 2 rings (SSSR count). The highest BCUT2D eigenvalue weighted by molar-refractivity contribution is 9.10. The molecular formula is C10H10BrN3S. The van der Waals surface area contributed by atoms with Gasteiger partial charge in [-0.25, -0.2) is 9.97 Å². The van der Waals surface area contributed by atoms with Crippen LogP contribution in [0.15, 0.2) is 27.5 Å². The van der Waals surface area contributed by atoms with E-state index in [0.29, 0.717) is 0 Å². The molecule has 2 N–H and O–H groups in total. The smallest absolute Gasteiger partial charge is 0.125 e. The lowest BCUT2D eigenvalue weighted by atomic mass is 10.1. The van der Waals surface area contributed by atoms with Crippen LogP contribution in [-0.4, -0.2) is 9.97 Å². The zero-order valence-electron chi connectivity index (χ0n) is 8.14. The van der Waals surface area contributed by atoms with Gasteiger partial charge < -0.3 is 5.73 Å². The van der Waals surface area contributed by atoms with E-state index in [9.17, 15) is 0 Å². The Morgan fingerprint density at radius 1 is 1.47 bits per heavy atom. The Kier molecular flexibility index (Phi) is 3.14. The number of nitrogens with zero attached hydrogens (tertiary/aromatic N) is 2. The fraction of sp³-hybridized carbons (Fsp3) is 0.200. The van der Waals surface area contributed by atoms with Crippen molar-refractivity contribution in [3.8, 4) is 0 Å². The highest BCUT2D eigenvalue weighted by Crippen LogP contribution is 2.28. The fourth-order valence-corrected chi connectivity index (χ4v) is 2.90. The molecule has 5 heteroatoms. The summed E-state index contributed by atoms with van der Waals surface area (Å²) in [6.07, 6.45) is 1.73. The van der Waals surface area contributed by atoms with Gasteiger partial charge in [0, 0.05) is 16.0 Å². The summed E-state index contributed by atoms with van der Waals surface area (Å²) in [5, 5.41) is 4.05. The van der Waals surface area contributed by atoms with Gasteiger partial charge in [-0.1, -0.05) is 0 Å². The topological polar surface area (TPSA) is 51.8 Å². The highest BCUT2D eigenvalue weighted by atomic mass is 79.9. The molecule has 0 bridgehead atoms. The number of hydrogen-bond donors (Lipinski definition) is 1. The van der Waals surface area contributed by atoms with E-state index in [1.54, 1.807) is 17.5 Å². The number of hydrogen-bond acceptors (Lipinski definition) is 4. The van der Waals surface area contributed by atoms with Crippen LogP contribution in [0, 0.1) is 6.92 Å². The first kappa shape index (κ1) is 10.7. The lowest BCUT2D eigenvalue weighted by Crippen LogP contribution is -2.13. The summed E-state index contributed by atoms with van der Waals surface area (Å²) in [7, 11) is 0. The quantitative estimate of drug-likeness (QED) is 0.922. The van der Waals surface area contributed by atoms with Crippen LogP contribution < -0.4 is 5.73 Å². The molecule has 1 unspecified atom stereocenters. The standard InChI is InChI=1S/C10H10BrN3S/c1-6-13-3-2-9(14-6)10(12)7-4-15-5-8(7)11/h2-5,10H,12H2,1H3. The maximum Gasteiger partial charge on any atom is 0.125 e. The zero-order chi connectivity index (χ0) is 10.8. The molecule has 0 aliphatic rings. The predicted molar refractivity (Wildman–Crippen MR) is 64.8 cm³/mol. The molecule has 3 nitrogen and oxygen atoms in total. The van der Waals surface area contributed by atoms with Crippen molar-refractivity contribution in [2.75, 3.05) is 0 Å². The Hall–Kier alpha value is -0.780. The molecule has 0 radical (unpaired) electrons. The summed E-state index contributed by atoms with van der Waals surface area (Å²) in [4.78, 5) is 8.37. The minimum Gasteiger partial charge on any atom is -0.319 e. The Morgan fingerprint density at radius 2 is 2.27 bits per heavy atom. The van der Waals surface area contributed by atoms with E-state index in [2.05, 4.69) is 25.9 Å². The van der Waals surface area contributed by atoms with Gasteiger partial charge in [0.05, 0.1) is 11.7 Å². The molecule has 78 valence electrons. The molecule has 2 aromatic heterocycles. The van der Waals surface area contributed by atoms with E-state index in [4.69, 9.17) is 5.73 Å². The van der Waals surface area contributed by atoms with Gasteiger partial charge >= 0.3 is 0 Å². The van der Waals surface area contributed by atoms with Gasteiger partial charge in [0.15, 0.2) is 0 Å². The first-order chi connectivity index (χ1) is 7.18.